The Kier molecular flexibility index (Phi) is 3.19. The van der Waals surface area contributed by atoms with Gasteiger partial charge in [-0.15, -0.1) is 0 Å². The molecule has 2 fully saturated rings. The van der Waals surface area contributed by atoms with Crippen LogP contribution < -0.4 is 5.32 Å². The molecule has 25 heavy (non-hydrogen) atoms. The van der Waals surface area contributed by atoms with Gasteiger partial charge < -0.3 is 10.3 Å². The van der Waals surface area contributed by atoms with Gasteiger partial charge in [-0.1, -0.05) is 30.4 Å². The van der Waals surface area contributed by atoms with Crippen molar-refractivity contribution in [3.8, 4) is 0 Å². The number of nitrogens with one attached hydrogen (secondary N) is 2. The molecule has 0 aliphatic heterocycles. The van der Waals surface area contributed by atoms with Gasteiger partial charge in [0.15, 0.2) is 0 Å². The van der Waals surface area contributed by atoms with Gasteiger partial charge in [-0.3, -0.25) is 4.79 Å². The Hall–Kier alpha value is -2.03. The summed E-state index contributed by atoms with van der Waals surface area (Å²) >= 11 is 0. The summed E-state index contributed by atoms with van der Waals surface area (Å²) in [7, 11) is 0. The minimum absolute atomic E-state index is 0.158. The zero-order chi connectivity index (χ0) is 17.2. The summed E-state index contributed by atoms with van der Waals surface area (Å²) in [6.45, 7) is 4.26. The van der Waals surface area contributed by atoms with Crippen LogP contribution in [-0.2, 0) is 11.2 Å². The van der Waals surface area contributed by atoms with Crippen molar-refractivity contribution in [1.29, 1.82) is 0 Å². The van der Waals surface area contributed by atoms with Gasteiger partial charge in [0.05, 0.1) is 0 Å². The number of aryl methyl sites for hydroxylation is 1. The number of H-pyrrole nitrogens is 1. The van der Waals surface area contributed by atoms with Crippen molar-refractivity contribution in [2.45, 2.75) is 45.6 Å². The number of allylic oxidation sites excluding steroid dienone is 2. The van der Waals surface area contributed by atoms with Gasteiger partial charge in [0.2, 0.25) is 5.91 Å². The third-order valence-electron chi connectivity index (χ3n) is 6.98. The second-order valence-electron chi connectivity index (χ2n) is 8.52. The molecular weight excluding hydrogens is 308 g/mol. The summed E-state index contributed by atoms with van der Waals surface area (Å²) in [4.78, 5) is 16.2. The maximum absolute atomic E-state index is 12.9. The molecule has 1 aromatic heterocycles. The number of hydrogen-bond acceptors (Lipinski definition) is 1. The molecule has 1 amide bonds. The van der Waals surface area contributed by atoms with Crippen LogP contribution in [0.3, 0.4) is 0 Å². The SMILES string of the molecule is Cc1cccc2c(C[C@@H](C)NC(=O)[C@@H]3C[C@H]4C=C[C@H]3C43CC3)c[nH]c12. The summed E-state index contributed by atoms with van der Waals surface area (Å²) < 4.78 is 0. The molecular formula is C22H26N2O. The molecule has 2 N–H and O–H groups in total. The molecule has 2 bridgehead atoms. The first-order valence-corrected chi connectivity index (χ1v) is 9.63. The highest BCUT2D eigenvalue weighted by atomic mass is 16.2. The third kappa shape index (κ3) is 2.21. The van der Waals surface area contributed by atoms with Crippen molar-refractivity contribution in [2.24, 2.45) is 23.2 Å². The van der Waals surface area contributed by atoms with Crippen LogP contribution in [0.5, 0.6) is 0 Å². The van der Waals surface area contributed by atoms with Crippen LogP contribution in [0.1, 0.15) is 37.3 Å². The van der Waals surface area contributed by atoms with Gasteiger partial charge in [0.25, 0.3) is 0 Å². The van der Waals surface area contributed by atoms with Crippen LogP contribution >= 0.6 is 0 Å². The Labute approximate surface area is 148 Å². The Morgan fingerprint density at radius 3 is 2.96 bits per heavy atom. The Morgan fingerprint density at radius 2 is 2.20 bits per heavy atom. The van der Waals surface area contributed by atoms with Gasteiger partial charge in [-0.25, -0.2) is 0 Å². The van der Waals surface area contributed by atoms with Crippen molar-refractivity contribution in [3.05, 3.63) is 47.7 Å². The van der Waals surface area contributed by atoms with Crippen LogP contribution in [-0.4, -0.2) is 16.9 Å². The third-order valence-corrected chi connectivity index (χ3v) is 6.98. The lowest BCUT2D eigenvalue weighted by molar-refractivity contribution is -0.126. The van der Waals surface area contributed by atoms with E-state index in [0.717, 1.165) is 12.8 Å². The van der Waals surface area contributed by atoms with Crippen LogP contribution in [0.15, 0.2) is 36.5 Å². The summed E-state index contributed by atoms with van der Waals surface area (Å²) in [5.74, 6) is 1.64. The van der Waals surface area contributed by atoms with E-state index in [0.29, 0.717) is 17.3 Å². The number of aromatic nitrogens is 1. The Bertz CT molecular complexity index is 873. The average molecular weight is 334 g/mol. The fourth-order valence-corrected chi connectivity index (χ4v) is 5.53. The number of carbonyl (C=O) groups excluding carboxylic acids is 1. The lowest BCUT2D eigenvalue weighted by atomic mass is 9.88. The highest BCUT2D eigenvalue weighted by molar-refractivity contribution is 5.86. The molecule has 0 saturated heterocycles. The van der Waals surface area contributed by atoms with E-state index in [1.807, 2.05) is 0 Å². The largest absolute Gasteiger partial charge is 0.361 e. The standard InChI is InChI=1S/C22H26N2O/c1-13-4-3-5-17-15(12-23-20(13)17)10-14(2)24-21(25)18-11-16-6-7-19(18)22(16)8-9-22/h3-7,12,14,16,18-19,23H,8-11H2,1-2H3,(H,24,25)/t14-,16-,18-,19-/m1/s1. The molecule has 2 aromatic rings. The topological polar surface area (TPSA) is 44.9 Å². The maximum atomic E-state index is 12.9. The molecule has 130 valence electrons. The maximum Gasteiger partial charge on any atom is 0.223 e. The van der Waals surface area contributed by atoms with Crippen LogP contribution in [0.4, 0.5) is 0 Å². The molecule has 3 aliphatic carbocycles. The van der Waals surface area contributed by atoms with Crippen molar-refractivity contribution in [3.63, 3.8) is 0 Å². The van der Waals surface area contributed by atoms with Gasteiger partial charge >= 0.3 is 0 Å². The number of para-hydroxylation sites is 1. The first-order chi connectivity index (χ1) is 12.1. The second kappa shape index (κ2) is 5.23. The summed E-state index contributed by atoms with van der Waals surface area (Å²) in [5, 5.41) is 4.58. The van der Waals surface area contributed by atoms with E-state index in [-0.39, 0.29) is 17.9 Å². The van der Waals surface area contributed by atoms with Gasteiger partial charge in [-0.05, 0) is 67.9 Å². The fraction of sp³-hybridized carbons (Fsp3) is 0.500. The van der Waals surface area contributed by atoms with Gasteiger partial charge in [0.1, 0.15) is 0 Å². The zero-order valence-corrected chi connectivity index (χ0v) is 15.0. The molecule has 1 heterocycles. The number of rotatable bonds is 4. The van der Waals surface area contributed by atoms with Crippen LogP contribution in [0.2, 0.25) is 0 Å². The molecule has 3 aliphatic rings. The highest BCUT2D eigenvalue weighted by Crippen LogP contribution is 2.70. The summed E-state index contributed by atoms with van der Waals surface area (Å²) in [6.07, 6.45) is 11.4. The Morgan fingerprint density at radius 1 is 1.36 bits per heavy atom. The summed E-state index contributed by atoms with van der Waals surface area (Å²) in [5.41, 5.74) is 4.26. The predicted octanol–water partition coefficient (Wildman–Crippen LogP) is 4.13. The Balaban J connectivity index is 1.28. The normalized spacial score (nSPS) is 29.4. The second-order valence-corrected chi connectivity index (χ2v) is 8.52. The molecule has 1 aromatic carbocycles. The number of hydrogen-bond donors (Lipinski definition) is 2. The van der Waals surface area contributed by atoms with Gasteiger partial charge in [0, 0.05) is 29.1 Å². The van der Waals surface area contributed by atoms with Crippen molar-refractivity contribution in [1.82, 2.24) is 10.3 Å². The van der Waals surface area contributed by atoms with Crippen LogP contribution in [0.25, 0.3) is 10.9 Å². The van der Waals surface area contributed by atoms with Gasteiger partial charge in [-0.2, -0.15) is 0 Å². The van der Waals surface area contributed by atoms with E-state index < -0.39 is 0 Å². The van der Waals surface area contributed by atoms with E-state index in [9.17, 15) is 4.79 Å². The number of benzene rings is 1. The van der Waals surface area contributed by atoms with Crippen molar-refractivity contribution >= 4 is 16.8 Å². The van der Waals surface area contributed by atoms with Crippen molar-refractivity contribution < 1.29 is 4.79 Å². The van der Waals surface area contributed by atoms with E-state index in [1.165, 1.54) is 34.9 Å². The number of amides is 1. The average Bonchev–Trinajstić information content (AvgIpc) is 3.08. The molecule has 3 nitrogen and oxygen atoms in total. The van der Waals surface area contributed by atoms with E-state index in [2.05, 4.69) is 60.7 Å². The molecule has 1 spiro atoms. The molecule has 3 heteroatoms. The molecule has 2 saturated carbocycles. The van der Waals surface area contributed by atoms with E-state index in [4.69, 9.17) is 0 Å². The number of fused-ring (bicyclic) bond motifs is 1. The molecule has 0 radical (unpaired) electrons. The minimum Gasteiger partial charge on any atom is -0.361 e. The first kappa shape index (κ1) is 15.2. The smallest absolute Gasteiger partial charge is 0.223 e. The zero-order valence-electron chi connectivity index (χ0n) is 15.0. The fourth-order valence-electron chi connectivity index (χ4n) is 5.53. The quantitative estimate of drug-likeness (QED) is 0.812. The molecule has 4 atom stereocenters. The van der Waals surface area contributed by atoms with E-state index in [1.54, 1.807) is 0 Å². The monoisotopic (exact) mass is 334 g/mol. The molecule has 0 unspecified atom stereocenters. The lowest BCUT2D eigenvalue weighted by Gasteiger charge is -2.22. The first-order valence-electron chi connectivity index (χ1n) is 9.63. The van der Waals surface area contributed by atoms with Crippen molar-refractivity contribution in [2.75, 3.05) is 0 Å². The highest BCUT2D eigenvalue weighted by Gasteiger charge is 2.64. The summed E-state index contributed by atoms with van der Waals surface area (Å²) in [6, 6.07) is 6.56. The minimum atomic E-state index is 0.158. The predicted molar refractivity (Wildman–Crippen MR) is 100 cm³/mol. The van der Waals surface area contributed by atoms with Crippen LogP contribution in [0, 0.1) is 30.1 Å². The molecule has 5 rings (SSSR count). The number of carbonyl (C=O) groups is 1. The number of aromatic amines is 1. The lowest BCUT2D eigenvalue weighted by Crippen LogP contribution is -2.40. The van der Waals surface area contributed by atoms with E-state index >= 15 is 0 Å².